The predicted octanol–water partition coefficient (Wildman–Crippen LogP) is 3.57. The number of aromatic nitrogens is 2. The van der Waals surface area contributed by atoms with E-state index in [1.54, 1.807) is 7.11 Å². The van der Waals surface area contributed by atoms with Gasteiger partial charge in [-0.1, -0.05) is 30.3 Å². The second-order valence-electron chi connectivity index (χ2n) is 4.50. The molecule has 6 heteroatoms. The Morgan fingerprint density at radius 3 is 2.62 bits per heavy atom. The lowest BCUT2D eigenvalue weighted by molar-refractivity contribution is 0.417. The maximum atomic E-state index is 6.27. The van der Waals surface area contributed by atoms with Gasteiger partial charge in [0.1, 0.15) is 15.5 Å². The molecule has 0 spiro atoms. The minimum atomic E-state index is 0.382. The van der Waals surface area contributed by atoms with Crippen molar-refractivity contribution in [2.45, 2.75) is 6.92 Å². The minimum absolute atomic E-state index is 0.382. The van der Waals surface area contributed by atoms with E-state index in [2.05, 4.69) is 9.97 Å². The van der Waals surface area contributed by atoms with E-state index in [0.717, 1.165) is 26.4 Å². The average molecular weight is 315 g/mol. The number of ether oxygens (including phenoxy) is 1. The molecule has 0 saturated carbocycles. The number of benzene rings is 1. The van der Waals surface area contributed by atoms with Crippen molar-refractivity contribution in [2.75, 3.05) is 12.8 Å². The van der Waals surface area contributed by atoms with Crippen LogP contribution in [0.4, 0.5) is 5.69 Å². The molecule has 0 aliphatic heterocycles. The number of hydrogen-bond donors (Lipinski definition) is 1. The number of hydrogen-bond acceptors (Lipinski definition) is 6. The third-order valence-corrected chi connectivity index (χ3v) is 4.72. The van der Waals surface area contributed by atoms with Crippen LogP contribution in [0.25, 0.3) is 21.5 Å². The zero-order valence-electron chi connectivity index (χ0n) is 11.6. The molecular weight excluding hydrogens is 302 g/mol. The molecule has 3 aromatic rings. The molecule has 21 heavy (non-hydrogen) atoms. The van der Waals surface area contributed by atoms with Gasteiger partial charge in [-0.05, 0) is 19.1 Å². The van der Waals surface area contributed by atoms with Gasteiger partial charge in [-0.2, -0.15) is 0 Å². The van der Waals surface area contributed by atoms with Gasteiger partial charge in [-0.15, -0.1) is 11.3 Å². The predicted molar refractivity (Wildman–Crippen MR) is 90.7 cm³/mol. The molecule has 2 N–H and O–H groups in total. The van der Waals surface area contributed by atoms with Crippen molar-refractivity contribution in [1.82, 2.24) is 9.97 Å². The van der Waals surface area contributed by atoms with Crippen LogP contribution in [-0.4, -0.2) is 22.1 Å². The Kier molecular flexibility index (Phi) is 3.57. The summed E-state index contributed by atoms with van der Waals surface area (Å²) in [5, 5.41) is 1.22. The molecule has 106 valence electrons. The molecule has 0 aliphatic carbocycles. The first-order valence-electron chi connectivity index (χ1n) is 6.32. The van der Waals surface area contributed by atoms with Crippen molar-refractivity contribution >= 4 is 44.5 Å². The molecule has 0 amide bonds. The van der Waals surface area contributed by atoms with Crippen LogP contribution < -0.4 is 5.73 Å². The summed E-state index contributed by atoms with van der Waals surface area (Å²) in [5.74, 6) is 0.706. The fourth-order valence-corrected chi connectivity index (χ4v) is 3.47. The first-order chi connectivity index (χ1) is 10.1. The Morgan fingerprint density at radius 2 is 1.95 bits per heavy atom. The monoisotopic (exact) mass is 315 g/mol. The summed E-state index contributed by atoms with van der Waals surface area (Å²) in [6, 6.07) is 9.93. The van der Waals surface area contributed by atoms with Crippen molar-refractivity contribution in [3.05, 3.63) is 41.0 Å². The van der Waals surface area contributed by atoms with Crippen LogP contribution in [-0.2, 0) is 4.74 Å². The zero-order valence-corrected chi connectivity index (χ0v) is 13.2. The number of anilines is 1. The van der Waals surface area contributed by atoms with Crippen molar-refractivity contribution in [1.29, 1.82) is 0 Å². The maximum Gasteiger partial charge on any atom is 0.203 e. The topological polar surface area (TPSA) is 61.0 Å². The number of nitrogens with two attached hydrogens (primary N) is 1. The van der Waals surface area contributed by atoms with Gasteiger partial charge in [-0.25, -0.2) is 9.97 Å². The van der Waals surface area contributed by atoms with E-state index in [1.165, 1.54) is 11.3 Å². The quantitative estimate of drug-likeness (QED) is 0.733. The van der Waals surface area contributed by atoms with E-state index in [0.29, 0.717) is 16.6 Å². The lowest BCUT2D eigenvalue weighted by atomic mass is 10.1. The molecule has 3 rings (SSSR count). The van der Waals surface area contributed by atoms with Gasteiger partial charge in [0.25, 0.3) is 0 Å². The Labute approximate surface area is 131 Å². The van der Waals surface area contributed by atoms with Crippen molar-refractivity contribution in [3.63, 3.8) is 0 Å². The standard InChI is InChI=1S/C15H13N3OS2/c1-8-17-12(9-6-4-3-5-7-9)10-11(16)13(15(20)19-2)21-14(10)18-8/h3-7H,16H2,1-2H3. The van der Waals surface area contributed by atoms with Crippen molar-refractivity contribution < 1.29 is 4.74 Å². The molecule has 0 aliphatic rings. The van der Waals surface area contributed by atoms with Crippen LogP contribution in [0.15, 0.2) is 30.3 Å². The summed E-state index contributed by atoms with van der Waals surface area (Å²) >= 11 is 6.64. The van der Waals surface area contributed by atoms with Gasteiger partial charge in [0, 0.05) is 5.56 Å². The third kappa shape index (κ3) is 2.36. The summed E-state index contributed by atoms with van der Waals surface area (Å²) in [5.41, 5.74) is 8.69. The molecule has 4 nitrogen and oxygen atoms in total. The second-order valence-corrected chi connectivity index (χ2v) is 5.87. The third-order valence-electron chi connectivity index (χ3n) is 3.12. The van der Waals surface area contributed by atoms with Gasteiger partial charge in [-0.3, -0.25) is 0 Å². The van der Waals surface area contributed by atoms with Crippen LogP contribution in [0.3, 0.4) is 0 Å². The molecule has 0 unspecified atom stereocenters. The number of rotatable bonds is 2. The lowest BCUT2D eigenvalue weighted by Gasteiger charge is -2.05. The zero-order chi connectivity index (χ0) is 15.0. The first kappa shape index (κ1) is 13.9. The second kappa shape index (κ2) is 5.38. The molecule has 0 radical (unpaired) electrons. The number of nitrogens with zero attached hydrogens (tertiary/aromatic N) is 2. The number of nitrogen functional groups attached to an aromatic ring is 1. The number of thiocarbonyl (C=S) groups is 1. The van der Waals surface area contributed by atoms with E-state index < -0.39 is 0 Å². The lowest BCUT2D eigenvalue weighted by Crippen LogP contribution is -2.00. The number of methoxy groups -OCH3 is 1. The van der Waals surface area contributed by atoms with Crippen molar-refractivity contribution in [2.24, 2.45) is 0 Å². The van der Waals surface area contributed by atoms with Crippen LogP contribution in [0.2, 0.25) is 0 Å². The summed E-state index contributed by atoms with van der Waals surface area (Å²) in [7, 11) is 1.54. The number of fused-ring (bicyclic) bond motifs is 1. The Bertz CT molecular complexity index is 828. The molecule has 0 atom stereocenters. The Morgan fingerprint density at radius 1 is 1.24 bits per heavy atom. The minimum Gasteiger partial charge on any atom is -0.486 e. The molecule has 0 saturated heterocycles. The van der Waals surface area contributed by atoms with E-state index >= 15 is 0 Å². The highest BCUT2D eigenvalue weighted by molar-refractivity contribution is 7.81. The van der Waals surface area contributed by atoms with E-state index in [1.807, 2.05) is 37.3 Å². The van der Waals surface area contributed by atoms with Gasteiger partial charge < -0.3 is 10.5 Å². The van der Waals surface area contributed by atoms with E-state index in [9.17, 15) is 0 Å². The fraction of sp³-hybridized carbons (Fsp3) is 0.133. The highest BCUT2D eigenvalue weighted by Gasteiger charge is 2.19. The van der Waals surface area contributed by atoms with Gasteiger partial charge in [0.2, 0.25) is 5.05 Å². The highest BCUT2D eigenvalue weighted by Crippen LogP contribution is 2.38. The van der Waals surface area contributed by atoms with Crippen LogP contribution in [0.1, 0.15) is 10.7 Å². The SMILES string of the molecule is COC(=S)c1sc2nc(C)nc(-c3ccccc3)c2c1N. The van der Waals surface area contributed by atoms with Gasteiger partial charge in [0.05, 0.1) is 23.9 Å². The highest BCUT2D eigenvalue weighted by atomic mass is 32.1. The smallest absolute Gasteiger partial charge is 0.203 e. The van der Waals surface area contributed by atoms with E-state index in [4.69, 9.17) is 22.7 Å². The molecule has 0 bridgehead atoms. The summed E-state index contributed by atoms with van der Waals surface area (Å²) in [6.07, 6.45) is 0. The van der Waals surface area contributed by atoms with Crippen LogP contribution in [0.5, 0.6) is 0 Å². The van der Waals surface area contributed by atoms with Gasteiger partial charge >= 0.3 is 0 Å². The maximum absolute atomic E-state index is 6.27. The summed E-state index contributed by atoms with van der Waals surface area (Å²) in [6.45, 7) is 1.87. The summed E-state index contributed by atoms with van der Waals surface area (Å²) < 4.78 is 5.14. The summed E-state index contributed by atoms with van der Waals surface area (Å²) in [4.78, 5) is 10.6. The Balaban J connectivity index is 2.35. The average Bonchev–Trinajstić information content (AvgIpc) is 2.83. The molecule has 2 aromatic heterocycles. The fourth-order valence-electron chi connectivity index (χ4n) is 2.18. The number of aryl methyl sites for hydroxylation is 1. The first-order valence-corrected chi connectivity index (χ1v) is 7.54. The number of thiophene rings is 1. The van der Waals surface area contributed by atoms with E-state index in [-0.39, 0.29) is 0 Å². The largest absolute Gasteiger partial charge is 0.486 e. The van der Waals surface area contributed by atoms with Crippen molar-refractivity contribution in [3.8, 4) is 11.3 Å². The molecular formula is C15H13N3OS2. The molecule has 0 fully saturated rings. The van der Waals surface area contributed by atoms with Crippen LogP contribution >= 0.6 is 23.6 Å². The van der Waals surface area contributed by atoms with Crippen LogP contribution in [0, 0.1) is 6.92 Å². The molecule has 1 aromatic carbocycles. The van der Waals surface area contributed by atoms with Gasteiger partial charge in [0.15, 0.2) is 0 Å². The molecule has 2 heterocycles. The Hall–Kier alpha value is -2.05. The normalized spacial score (nSPS) is 10.8.